The molecule has 0 aromatic heterocycles. The molecule has 240 valence electrons. The number of rotatable bonds is 5. The van der Waals surface area contributed by atoms with Crippen LogP contribution in [0.4, 0.5) is 5.69 Å². The van der Waals surface area contributed by atoms with Gasteiger partial charge in [-0.25, -0.2) is 0 Å². The van der Waals surface area contributed by atoms with Crippen LogP contribution in [0.2, 0.25) is 0 Å². The summed E-state index contributed by atoms with van der Waals surface area (Å²) in [6.45, 7) is 5.00. The van der Waals surface area contributed by atoms with Crippen LogP contribution in [0.15, 0.2) is 149 Å². The summed E-state index contributed by atoms with van der Waals surface area (Å²) in [6, 6.07) is 12.1. The Hall–Kier alpha value is -3.78. The number of fused-ring (bicyclic) bond motifs is 5. The third-order valence-electron chi connectivity index (χ3n) is 13.1. The number of hydrogen-bond acceptors (Lipinski definition) is 2. The van der Waals surface area contributed by atoms with Crippen LogP contribution in [0.3, 0.4) is 0 Å². The molecule has 0 bridgehead atoms. The lowest BCUT2D eigenvalue weighted by molar-refractivity contribution is 0.284. The summed E-state index contributed by atoms with van der Waals surface area (Å²) in [4.78, 5) is 5.45. The summed E-state index contributed by atoms with van der Waals surface area (Å²) in [6.07, 6.45) is 44.9. The Kier molecular flexibility index (Phi) is 7.33. The van der Waals surface area contributed by atoms with Crippen LogP contribution in [0, 0.1) is 35.0 Å². The predicted molar refractivity (Wildman–Crippen MR) is 196 cm³/mol. The summed E-state index contributed by atoms with van der Waals surface area (Å²) >= 11 is 0. The molecule has 0 radical (unpaired) electrons. The van der Waals surface area contributed by atoms with E-state index in [4.69, 9.17) is 0 Å². The first-order chi connectivity index (χ1) is 23.1. The number of benzene rings is 1. The summed E-state index contributed by atoms with van der Waals surface area (Å²) in [5.41, 5.74) is 11.2. The van der Waals surface area contributed by atoms with Gasteiger partial charge in [0.25, 0.3) is 0 Å². The van der Waals surface area contributed by atoms with E-state index in [1.807, 2.05) is 0 Å². The van der Waals surface area contributed by atoms with Crippen LogP contribution in [0.25, 0.3) is 0 Å². The molecule has 1 saturated carbocycles. The van der Waals surface area contributed by atoms with E-state index >= 15 is 0 Å². The Morgan fingerprint density at radius 2 is 1.68 bits per heavy atom. The quantitative estimate of drug-likeness (QED) is 0.303. The van der Waals surface area contributed by atoms with E-state index in [0.29, 0.717) is 41.7 Å². The van der Waals surface area contributed by atoms with Crippen molar-refractivity contribution >= 4 is 5.69 Å². The van der Waals surface area contributed by atoms with Crippen LogP contribution in [0.1, 0.15) is 71.6 Å². The van der Waals surface area contributed by atoms with Crippen molar-refractivity contribution in [2.75, 3.05) is 4.90 Å². The molecule has 7 aliphatic carbocycles. The van der Waals surface area contributed by atoms with Gasteiger partial charge in [0, 0.05) is 34.7 Å². The SMILES string of the molecule is CC1(C)C2=CC(N(C3=CC=C(C4CCC5=C(C4)C4C=CC=CC4N5c4ccccc4)CC3)C3CC=CCC3)=CCC2C2C=CC=CC21. The van der Waals surface area contributed by atoms with Gasteiger partial charge in [-0.1, -0.05) is 116 Å². The lowest BCUT2D eigenvalue weighted by atomic mass is 9.75. The third-order valence-corrected chi connectivity index (χ3v) is 13.1. The van der Waals surface area contributed by atoms with Crippen molar-refractivity contribution in [3.05, 3.63) is 149 Å². The van der Waals surface area contributed by atoms with Gasteiger partial charge in [-0.05, 0) is 117 Å². The zero-order chi connectivity index (χ0) is 31.5. The van der Waals surface area contributed by atoms with E-state index in [-0.39, 0.29) is 5.41 Å². The summed E-state index contributed by atoms with van der Waals surface area (Å²) < 4.78 is 0. The molecule has 1 heterocycles. The van der Waals surface area contributed by atoms with Crippen molar-refractivity contribution in [2.24, 2.45) is 35.0 Å². The average molecular weight is 619 g/mol. The average Bonchev–Trinajstić information content (AvgIpc) is 3.58. The van der Waals surface area contributed by atoms with Crippen LogP contribution >= 0.6 is 0 Å². The topological polar surface area (TPSA) is 6.48 Å². The van der Waals surface area contributed by atoms with Gasteiger partial charge in [0.05, 0.1) is 6.04 Å². The molecule has 1 fully saturated rings. The smallest absolute Gasteiger partial charge is 0.0623 e. The molecular weight excluding hydrogens is 569 g/mol. The minimum atomic E-state index is 0.204. The molecule has 7 atom stereocenters. The van der Waals surface area contributed by atoms with Gasteiger partial charge < -0.3 is 9.80 Å². The van der Waals surface area contributed by atoms with Crippen molar-refractivity contribution in [1.29, 1.82) is 0 Å². The summed E-state index contributed by atoms with van der Waals surface area (Å²) in [5, 5.41) is 0. The van der Waals surface area contributed by atoms with Crippen molar-refractivity contribution in [3.8, 4) is 0 Å². The second-order valence-corrected chi connectivity index (χ2v) is 15.8. The zero-order valence-electron chi connectivity index (χ0n) is 28.3. The number of hydrogen-bond donors (Lipinski definition) is 0. The molecule has 8 aliphatic rings. The van der Waals surface area contributed by atoms with Crippen molar-refractivity contribution in [3.63, 3.8) is 0 Å². The fourth-order valence-electron chi connectivity index (χ4n) is 10.8. The second kappa shape index (κ2) is 11.7. The van der Waals surface area contributed by atoms with Gasteiger partial charge in [-0.2, -0.15) is 0 Å². The molecule has 1 aromatic rings. The highest BCUT2D eigenvalue weighted by Crippen LogP contribution is 2.59. The lowest BCUT2D eigenvalue weighted by Crippen LogP contribution is -2.36. The normalized spacial score (nSPS) is 34.6. The largest absolute Gasteiger partial charge is 0.342 e. The molecule has 1 aromatic carbocycles. The summed E-state index contributed by atoms with van der Waals surface area (Å²) in [7, 11) is 0. The maximum Gasteiger partial charge on any atom is 0.0623 e. The molecule has 0 amide bonds. The molecule has 2 nitrogen and oxygen atoms in total. The first kappa shape index (κ1) is 29.4. The number of allylic oxidation sites excluding steroid dienone is 15. The highest BCUT2D eigenvalue weighted by molar-refractivity contribution is 5.61. The minimum Gasteiger partial charge on any atom is -0.342 e. The number of para-hydroxylation sites is 1. The van der Waals surface area contributed by atoms with Gasteiger partial charge in [-0.15, -0.1) is 0 Å². The molecule has 47 heavy (non-hydrogen) atoms. The standard InChI is InChI=1S/C45H50N2/c1-45(2)41-19-11-9-17-37(41)38-27-26-36(30-42(38)45)46(33-13-5-3-6-14-33)35-24-21-31(22-25-35)32-23-28-44-40(29-32)39-18-10-12-20-43(39)47(44)34-15-7-4-8-16-34/h3-5,7-12,15-21,24,26,30,32-33,37-39,41,43H,6,13-14,22-23,25,27-29H2,1-2H3. The maximum absolute atomic E-state index is 2.80. The lowest BCUT2D eigenvalue weighted by Gasteiger charge is -2.41. The van der Waals surface area contributed by atoms with Crippen LogP contribution in [0.5, 0.6) is 0 Å². The monoisotopic (exact) mass is 618 g/mol. The maximum atomic E-state index is 2.80. The van der Waals surface area contributed by atoms with Gasteiger partial charge in [-0.3, -0.25) is 0 Å². The summed E-state index contributed by atoms with van der Waals surface area (Å²) in [5.74, 6) is 3.07. The fraction of sp³-hybridized carbons (Fsp3) is 0.422. The van der Waals surface area contributed by atoms with E-state index < -0.39 is 0 Å². The molecule has 2 heteroatoms. The van der Waals surface area contributed by atoms with Crippen molar-refractivity contribution < 1.29 is 0 Å². The van der Waals surface area contributed by atoms with E-state index in [0.717, 1.165) is 12.8 Å². The highest BCUT2D eigenvalue weighted by atomic mass is 15.2. The van der Waals surface area contributed by atoms with Gasteiger partial charge >= 0.3 is 0 Å². The molecule has 1 aliphatic heterocycles. The van der Waals surface area contributed by atoms with Crippen LogP contribution in [-0.2, 0) is 0 Å². The molecule has 0 spiro atoms. The first-order valence-electron chi connectivity index (χ1n) is 18.6. The molecule has 0 N–H and O–H groups in total. The molecular formula is C45H50N2. The van der Waals surface area contributed by atoms with Gasteiger partial charge in [0.15, 0.2) is 0 Å². The van der Waals surface area contributed by atoms with Gasteiger partial charge in [0.1, 0.15) is 0 Å². The van der Waals surface area contributed by atoms with Crippen LogP contribution in [-0.4, -0.2) is 17.0 Å². The van der Waals surface area contributed by atoms with E-state index in [1.54, 1.807) is 22.4 Å². The zero-order valence-corrected chi connectivity index (χ0v) is 28.3. The van der Waals surface area contributed by atoms with E-state index in [9.17, 15) is 0 Å². The Labute approximate surface area is 282 Å². The van der Waals surface area contributed by atoms with Crippen molar-refractivity contribution in [1.82, 2.24) is 4.90 Å². The van der Waals surface area contributed by atoms with Gasteiger partial charge in [0.2, 0.25) is 0 Å². The second-order valence-electron chi connectivity index (χ2n) is 15.8. The van der Waals surface area contributed by atoms with Crippen LogP contribution < -0.4 is 4.90 Å². The predicted octanol–water partition coefficient (Wildman–Crippen LogP) is 10.9. The Balaban J connectivity index is 0.997. The van der Waals surface area contributed by atoms with E-state index in [2.05, 4.69) is 139 Å². The first-order valence-corrected chi connectivity index (χ1v) is 18.6. The van der Waals surface area contributed by atoms with Crippen molar-refractivity contribution in [2.45, 2.75) is 83.7 Å². The molecule has 7 unspecified atom stereocenters. The highest BCUT2D eigenvalue weighted by Gasteiger charge is 2.50. The number of nitrogens with zero attached hydrogens (tertiary/aromatic N) is 2. The number of anilines is 1. The molecule has 9 rings (SSSR count). The molecule has 0 saturated heterocycles. The Bertz CT molecular complexity index is 1730. The van der Waals surface area contributed by atoms with E-state index in [1.165, 1.54) is 62.0 Å². The fourth-order valence-corrected chi connectivity index (χ4v) is 10.8. The Morgan fingerprint density at radius 1 is 0.830 bits per heavy atom. The third kappa shape index (κ3) is 4.89. The minimum absolute atomic E-state index is 0.204. The Morgan fingerprint density at radius 3 is 2.51 bits per heavy atom.